The molecule has 3 heterocycles. The van der Waals surface area contributed by atoms with Crippen molar-refractivity contribution in [1.82, 2.24) is 25.0 Å². The van der Waals surface area contributed by atoms with Gasteiger partial charge in [-0.15, -0.1) is 4.40 Å². The number of sulfonamides is 1. The number of pyridine rings is 1. The summed E-state index contributed by atoms with van der Waals surface area (Å²) in [5.41, 5.74) is 4.28. The number of nitrogens with one attached hydrogen (secondary N) is 1. The number of hydrogen-bond acceptors (Lipinski definition) is 5. The maximum absolute atomic E-state index is 14.3. The second kappa shape index (κ2) is 13.9. The largest absolute Gasteiger partial charge is 0.349 e. The average molecular weight is 631 g/mol. The molecule has 1 N–H and O–H groups in total. The second-order valence-electron chi connectivity index (χ2n) is 12.9. The Labute approximate surface area is 267 Å². The molecule has 0 spiro atoms. The summed E-state index contributed by atoms with van der Waals surface area (Å²) in [4.78, 5) is 26.1. The summed E-state index contributed by atoms with van der Waals surface area (Å²) < 4.78 is 28.6. The molecular formula is C35H46N6O3S. The number of rotatable bonds is 7. The zero-order valence-corrected chi connectivity index (χ0v) is 27.4. The van der Waals surface area contributed by atoms with Crippen LogP contribution in [0.3, 0.4) is 0 Å². The van der Waals surface area contributed by atoms with Crippen LogP contribution in [0.25, 0.3) is 22.2 Å². The van der Waals surface area contributed by atoms with Crippen molar-refractivity contribution in [3.05, 3.63) is 65.7 Å². The maximum atomic E-state index is 14.3. The Morgan fingerprint density at radius 1 is 0.889 bits per heavy atom. The first kappa shape index (κ1) is 31.5. The zero-order chi connectivity index (χ0) is 31.4. The van der Waals surface area contributed by atoms with Crippen LogP contribution < -0.4 is 5.32 Å². The van der Waals surface area contributed by atoms with Crippen LogP contribution in [0.4, 0.5) is 0 Å². The Morgan fingerprint density at radius 2 is 1.53 bits per heavy atom. The predicted molar refractivity (Wildman–Crippen MR) is 181 cm³/mol. The van der Waals surface area contributed by atoms with E-state index in [-0.39, 0.29) is 11.9 Å². The van der Waals surface area contributed by atoms with Gasteiger partial charge in [-0.3, -0.25) is 9.69 Å². The fourth-order valence-electron chi connectivity index (χ4n) is 7.24. The molecule has 2 aliphatic heterocycles. The quantitative estimate of drug-likeness (QED) is 0.286. The van der Waals surface area contributed by atoms with E-state index >= 15 is 0 Å². The highest BCUT2D eigenvalue weighted by Crippen LogP contribution is 2.33. The molecule has 240 valence electrons. The first-order chi connectivity index (χ1) is 21.8. The van der Waals surface area contributed by atoms with Gasteiger partial charge in [-0.2, -0.15) is 0 Å². The molecule has 0 radical (unpaired) electrons. The van der Waals surface area contributed by atoms with Crippen LogP contribution in [-0.4, -0.2) is 91.5 Å². The Hall–Kier alpha value is -3.50. The van der Waals surface area contributed by atoms with Crippen molar-refractivity contribution in [3.8, 4) is 11.3 Å². The molecule has 0 unspecified atom stereocenters. The van der Waals surface area contributed by atoms with E-state index in [4.69, 9.17) is 4.98 Å². The van der Waals surface area contributed by atoms with E-state index in [9.17, 15) is 13.2 Å². The van der Waals surface area contributed by atoms with Crippen LogP contribution in [0.15, 0.2) is 59.0 Å². The number of hydrogen-bond donors (Lipinski definition) is 1. The summed E-state index contributed by atoms with van der Waals surface area (Å²) in [6.07, 6.45) is 9.32. The molecule has 3 aliphatic rings. The van der Waals surface area contributed by atoms with Crippen LogP contribution in [0, 0.1) is 5.92 Å². The molecule has 1 aromatic heterocycles. The van der Waals surface area contributed by atoms with Gasteiger partial charge in [-0.05, 0) is 44.6 Å². The Balaban J connectivity index is 1.32. The van der Waals surface area contributed by atoms with Gasteiger partial charge in [-0.1, -0.05) is 67.8 Å². The zero-order valence-electron chi connectivity index (χ0n) is 26.6. The van der Waals surface area contributed by atoms with Crippen molar-refractivity contribution in [2.24, 2.45) is 10.3 Å². The van der Waals surface area contributed by atoms with E-state index in [1.165, 1.54) is 25.5 Å². The highest BCUT2D eigenvalue weighted by atomic mass is 32.2. The van der Waals surface area contributed by atoms with E-state index < -0.39 is 10.0 Å². The topological polar surface area (TPSA) is 98.2 Å². The van der Waals surface area contributed by atoms with Gasteiger partial charge >= 0.3 is 0 Å². The van der Waals surface area contributed by atoms with E-state index in [0.29, 0.717) is 37.1 Å². The fraction of sp³-hybridized carbons (Fsp3) is 0.514. The number of guanidine groups is 1. The smallest absolute Gasteiger partial charge is 0.253 e. The summed E-state index contributed by atoms with van der Waals surface area (Å²) in [5, 5.41) is 4.29. The molecule has 45 heavy (non-hydrogen) atoms. The standard InChI is InChI=1S/C35H46N6O3S/c1-26(27-13-5-3-6-14-27)36-34(42)32-29-17-9-10-18-31(29)37-33(28-15-7-4-8-16-28)30(32)25-39-21-23-41(24-22-39)35(38-45(2,43)44)40-19-11-12-20-40/h4,7-10,15-18,26-27H,3,5-6,11-14,19-25H2,1-2H3,(H,36,42)/t26-/m0/s1. The lowest BCUT2D eigenvalue weighted by molar-refractivity contribution is 0.0918. The predicted octanol–water partition coefficient (Wildman–Crippen LogP) is 5.13. The third kappa shape index (κ3) is 7.49. The number of carbonyl (C=O) groups is 1. The van der Waals surface area contributed by atoms with Crippen LogP contribution in [-0.2, 0) is 16.6 Å². The van der Waals surface area contributed by atoms with Crippen molar-refractivity contribution in [1.29, 1.82) is 0 Å². The van der Waals surface area contributed by atoms with Gasteiger partial charge in [0.2, 0.25) is 5.96 Å². The summed E-state index contributed by atoms with van der Waals surface area (Å²) >= 11 is 0. The van der Waals surface area contributed by atoms with Gasteiger partial charge in [0.05, 0.1) is 23.0 Å². The number of likely N-dealkylation sites (tertiary alicyclic amines) is 1. The molecular weight excluding hydrogens is 584 g/mol. The first-order valence-corrected chi connectivity index (χ1v) is 18.4. The molecule has 1 atom stereocenters. The molecule has 3 fully saturated rings. The number of para-hydroxylation sites is 1. The minimum Gasteiger partial charge on any atom is -0.349 e. The monoisotopic (exact) mass is 630 g/mol. The summed E-state index contributed by atoms with van der Waals surface area (Å²) in [6.45, 7) is 7.14. The van der Waals surface area contributed by atoms with Crippen molar-refractivity contribution in [3.63, 3.8) is 0 Å². The maximum Gasteiger partial charge on any atom is 0.253 e. The Morgan fingerprint density at radius 3 is 2.22 bits per heavy atom. The minimum atomic E-state index is -3.52. The minimum absolute atomic E-state index is 0.0332. The van der Waals surface area contributed by atoms with Gasteiger partial charge in [0.15, 0.2) is 0 Å². The molecule has 3 aromatic rings. The number of aromatic nitrogens is 1. The van der Waals surface area contributed by atoms with Gasteiger partial charge in [0.25, 0.3) is 15.9 Å². The fourth-order valence-corrected chi connectivity index (χ4v) is 7.77. The molecule has 9 nitrogen and oxygen atoms in total. The molecule has 1 aliphatic carbocycles. The van der Waals surface area contributed by atoms with E-state index in [0.717, 1.165) is 79.6 Å². The third-order valence-electron chi connectivity index (χ3n) is 9.66. The van der Waals surface area contributed by atoms with Crippen LogP contribution >= 0.6 is 0 Å². The van der Waals surface area contributed by atoms with E-state index in [1.807, 2.05) is 42.5 Å². The highest BCUT2D eigenvalue weighted by Gasteiger charge is 2.30. The molecule has 10 heteroatoms. The van der Waals surface area contributed by atoms with Crippen LogP contribution in [0.2, 0.25) is 0 Å². The van der Waals surface area contributed by atoms with Crippen molar-refractivity contribution in [2.75, 3.05) is 45.5 Å². The molecule has 2 aromatic carbocycles. The Bertz CT molecular complexity index is 1620. The normalized spacial score (nSPS) is 19.6. The first-order valence-electron chi connectivity index (χ1n) is 16.6. The second-order valence-corrected chi connectivity index (χ2v) is 14.6. The number of nitrogens with zero attached hydrogens (tertiary/aromatic N) is 5. The molecule has 0 bridgehead atoms. The van der Waals surface area contributed by atoms with E-state index in [1.54, 1.807) is 0 Å². The lowest BCUT2D eigenvalue weighted by Crippen LogP contribution is -2.53. The molecule has 6 rings (SSSR count). The third-order valence-corrected chi connectivity index (χ3v) is 10.2. The number of benzene rings is 2. The lowest BCUT2D eigenvalue weighted by atomic mass is 9.84. The van der Waals surface area contributed by atoms with Gasteiger partial charge in [0.1, 0.15) is 0 Å². The lowest BCUT2D eigenvalue weighted by Gasteiger charge is -2.39. The molecule has 1 saturated carbocycles. The number of carbonyl (C=O) groups excluding carboxylic acids is 1. The highest BCUT2D eigenvalue weighted by molar-refractivity contribution is 7.89. The van der Waals surface area contributed by atoms with Gasteiger partial charge < -0.3 is 15.1 Å². The SMILES string of the molecule is C[C@H](NC(=O)c1c(CN2CCN(C(=NS(C)(=O)=O)N3CCCC3)CC2)c(-c2ccccc2)nc2ccccc12)C1CCCCC1. The summed E-state index contributed by atoms with van der Waals surface area (Å²) in [7, 11) is -3.52. The van der Waals surface area contributed by atoms with Gasteiger partial charge in [-0.25, -0.2) is 13.4 Å². The Kier molecular flexibility index (Phi) is 9.70. The average Bonchev–Trinajstić information content (AvgIpc) is 3.59. The molecule has 2 saturated heterocycles. The van der Waals surface area contributed by atoms with Crippen LogP contribution in [0.5, 0.6) is 0 Å². The summed E-state index contributed by atoms with van der Waals surface area (Å²) in [5.74, 6) is 1.04. The van der Waals surface area contributed by atoms with Crippen molar-refractivity contribution < 1.29 is 13.2 Å². The number of fused-ring (bicyclic) bond motifs is 1. The van der Waals surface area contributed by atoms with Crippen molar-refractivity contribution >= 4 is 32.8 Å². The van der Waals surface area contributed by atoms with Crippen molar-refractivity contribution in [2.45, 2.75) is 64.5 Å². The number of piperazine rings is 1. The van der Waals surface area contributed by atoms with Crippen LogP contribution in [0.1, 0.15) is 67.8 Å². The van der Waals surface area contributed by atoms with Gasteiger partial charge in [0, 0.05) is 68.4 Å². The molecule has 1 amide bonds. The number of amides is 1. The summed E-state index contributed by atoms with van der Waals surface area (Å²) in [6, 6.07) is 18.2. The van der Waals surface area contributed by atoms with E-state index in [2.05, 4.69) is 43.5 Å².